The van der Waals surface area contributed by atoms with Crippen molar-refractivity contribution in [1.29, 1.82) is 0 Å². The van der Waals surface area contributed by atoms with Crippen LogP contribution < -0.4 is 0 Å². The largest absolute Gasteiger partial charge is 0.393 e. The van der Waals surface area contributed by atoms with Gasteiger partial charge in [-0.15, -0.1) is 0 Å². The Morgan fingerprint density at radius 1 is 1.06 bits per heavy atom. The van der Waals surface area contributed by atoms with E-state index in [1.165, 1.54) is 0 Å². The van der Waals surface area contributed by atoms with Gasteiger partial charge in [0.1, 0.15) is 0 Å². The fraction of sp³-hybridized carbons (Fsp3) is 0.286. The van der Waals surface area contributed by atoms with Gasteiger partial charge in [0.15, 0.2) is 0 Å². The monoisotopic (exact) mass is 228 g/mol. The van der Waals surface area contributed by atoms with Crippen LogP contribution in [0, 0.1) is 11.8 Å². The predicted octanol–water partition coefficient (Wildman–Crippen LogP) is 2.05. The van der Waals surface area contributed by atoms with Crippen LogP contribution >= 0.6 is 0 Å². The molecule has 3 atom stereocenters. The molecular weight excluding hydrogens is 216 g/mol. The topological polar surface area (TPSA) is 43.4 Å². The van der Waals surface area contributed by atoms with Gasteiger partial charge in [-0.3, -0.25) is 9.59 Å². The Morgan fingerprint density at radius 3 is 2.59 bits per heavy atom. The number of fused-ring (bicyclic) bond motifs is 1. The second-order valence-corrected chi connectivity index (χ2v) is 4.47. The van der Waals surface area contributed by atoms with Crippen LogP contribution in [-0.4, -0.2) is 11.9 Å². The van der Waals surface area contributed by atoms with Crippen LogP contribution in [0.5, 0.6) is 0 Å². The Hall–Kier alpha value is -1.90. The van der Waals surface area contributed by atoms with Gasteiger partial charge in [-0.1, -0.05) is 42.5 Å². The molecule has 0 spiro atoms. The molecule has 0 bridgehead atoms. The van der Waals surface area contributed by atoms with Gasteiger partial charge in [0.2, 0.25) is 0 Å². The molecule has 0 saturated carbocycles. The third kappa shape index (κ3) is 1.58. The quantitative estimate of drug-likeness (QED) is 0.419. The summed E-state index contributed by atoms with van der Waals surface area (Å²) >= 11 is 0. The van der Waals surface area contributed by atoms with Crippen molar-refractivity contribution in [2.75, 3.05) is 0 Å². The van der Waals surface area contributed by atoms with Crippen molar-refractivity contribution in [3.63, 3.8) is 0 Å². The third-order valence-corrected chi connectivity index (χ3v) is 3.51. The zero-order valence-corrected chi connectivity index (χ0v) is 9.21. The van der Waals surface area contributed by atoms with Gasteiger partial charge in [0, 0.05) is 5.92 Å². The van der Waals surface area contributed by atoms with Gasteiger partial charge < -0.3 is 4.74 Å². The number of benzene rings is 1. The van der Waals surface area contributed by atoms with Gasteiger partial charge >= 0.3 is 11.9 Å². The molecule has 1 unspecified atom stereocenters. The maximum absolute atomic E-state index is 11.7. The van der Waals surface area contributed by atoms with Crippen LogP contribution in [0.1, 0.15) is 17.9 Å². The third-order valence-electron chi connectivity index (χ3n) is 3.51. The molecule has 1 aliphatic carbocycles. The predicted molar refractivity (Wildman–Crippen MR) is 61.0 cm³/mol. The molecule has 3 nitrogen and oxygen atoms in total. The minimum atomic E-state index is -0.377. The molecule has 17 heavy (non-hydrogen) atoms. The molecule has 0 radical (unpaired) electrons. The Kier molecular flexibility index (Phi) is 2.32. The molecule has 1 aromatic carbocycles. The summed E-state index contributed by atoms with van der Waals surface area (Å²) in [5.74, 6) is -1.41. The molecule has 1 aliphatic heterocycles. The highest BCUT2D eigenvalue weighted by molar-refractivity contribution is 5.97. The average Bonchev–Trinajstić information content (AvgIpc) is 2.66. The Morgan fingerprint density at radius 2 is 1.82 bits per heavy atom. The van der Waals surface area contributed by atoms with Crippen LogP contribution in [0.25, 0.3) is 0 Å². The van der Waals surface area contributed by atoms with Crippen molar-refractivity contribution < 1.29 is 14.3 Å². The number of hydrogen-bond acceptors (Lipinski definition) is 3. The number of carbonyl (C=O) groups excluding carboxylic acids is 2. The first kappa shape index (κ1) is 10.3. The van der Waals surface area contributed by atoms with E-state index >= 15 is 0 Å². The number of rotatable bonds is 1. The van der Waals surface area contributed by atoms with Gasteiger partial charge in [0.25, 0.3) is 0 Å². The van der Waals surface area contributed by atoms with Crippen molar-refractivity contribution in [3.8, 4) is 0 Å². The van der Waals surface area contributed by atoms with Crippen molar-refractivity contribution in [2.45, 2.75) is 12.3 Å². The number of allylic oxidation sites excluding steroid dienone is 2. The number of cyclic esters (lactones) is 2. The van der Waals surface area contributed by atoms with E-state index in [0.29, 0.717) is 6.42 Å². The Bertz CT molecular complexity index is 489. The molecule has 0 amide bonds. The summed E-state index contributed by atoms with van der Waals surface area (Å²) in [6.07, 6.45) is 4.59. The number of hydrogen-bond donors (Lipinski definition) is 0. The summed E-state index contributed by atoms with van der Waals surface area (Å²) in [5, 5.41) is 0. The molecule has 86 valence electrons. The fourth-order valence-corrected chi connectivity index (χ4v) is 2.68. The number of carbonyl (C=O) groups is 2. The Balaban J connectivity index is 2.00. The summed E-state index contributed by atoms with van der Waals surface area (Å²) in [7, 11) is 0. The molecule has 1 heterocycles. The summed E-state index contributed by atoms with van der Waals surface area (Å²) in [6.45, 7) is 0. The van der Waals surface area contributed by atoms with E-state index in [0.717, 1.165) is 5.56 Å². The number of ether oxygens (including phenoxy) is 1. The normalized spacial score (nSPS) is 31.2. The lowest BCUT2D eigenvalue weighted by molar-refractivity contribution is -0.153. The molecule has 1 fully saturated rings. The van der Waals surface area contributed by atoms with E-state index in [9.17, 15) is 9.59 Å². The fourth-order valence-electron chi connectivity index (χ4n) is 2.68. The SMILES string of the molecule is O=C1OC(=O)[C@H]2C(c3ccccc3)C=CC[C@@H]12. The van der Waals surface area contributed by atoms with Gasteiger partial charge in [-0.25, -0.2) is 0 Å². The first-order chi connectivity index (χ1) is 8.27. The van der Waals surface area contributed by atoms with Gasteiger partial charge in [-0.05, 0) is 12.0 Å². The van der Waals surface area contributed by atoms with Crippen LogP contribution in [0.15, 0.2) is 42.5 Å². The van der Waals surface area contributed by atoms with E-state index in [1.54, 1.807) is 0 Å². The molecule has 2 aliphatic rings. The van der Waals surface area contributed by atoms with Crippen LogP contribution in [0.3, 0.4) is 0 Å². The lowest BCUT2D eigenvalue weighted by Gasteiger charge is -2.24. The lowest BCUT2D eigenvalue weighted by atomic mass is 9.74. The minimum Gasteiger partial charge on any atom is -0.393 e. The second-order valence-electron chi connectivity index (χ2n) is 4.47. The maximum atomic E-state index is 11.7. The molecule has 0 N–H and O–H groups in total. The highest BCUT2D eigenvalue weighted by Gasteiger charge is 2.48. The van der Waals surface area contributed by atoms with Gasteiger partial charge in [-0.2, -0.15) is 0 Å². The molecule has 1 aromatic rings. The maximum Gasteiger partial charge on any atom is 0.318 e. The van der Waals surface area contributed by atoms with Crippen LogP contribution in [0.2, 0.25) is 0 Å². The van der Waals surface area contributed by atoms with Crippen molar-refractivity contribution in [1.82, 2.24) is 0 Å². The summed E-state index contributed by atoms with van der Waals surface area (Å²) in [5.41, 5.74) is 1.06. The standard InChI is InChI=1S/C14H12O3/c15-13-11-8-4-7-10(12(11)14(16)17-13)9-5-2-1-3-6-9/h1-7,10-12H,8H2/t10?,11-,12+/m1/s1. The minimum absolute atomic E-state index is 0.0334. The molecule has 3 rings (SSSR count). The van der Waals surface area contributed by atoms with E-state index < -0.39 is 0 Å². The van der Waals surface area contributed by atoms with Crippen LogP contribution in [0.4, 0.5) is 0 Å². The van der Waals surface area contributed by atoms with E-state index in [1.807, 2.05) is 42.5 Å². The first-order valence-electron chi connectivity index (χ1n) is 5.74. The van der Waals surface area contributed by atoms with Crippen molar-refractivity contribution in [2.24, 2.45) is 11.8 Å². The second kappa shape index (κ2) is 3.84. The molecule has 3 heteroatoms. The van der Waals surface area contributed by atoms with Crippen molar-refractivity contribution in [3.05, 3.63) is 48.0 Å². The molecular formula is C14H12O3. The van der Waals surface area contributed by atoms with Crippen LogP contribution in [-0.2, 0) is 14.3 Å². The summed E-state index contributed by atoms with van der Waals surface area (Å²) in [4.78, 5) is 23.2. The van der Waals surface area contributed by atoms with Crippen molar-refractivity contribution >= 4 is 11.9 Å². The zero-order chi connectivity index (χ0) is 11.8. The smallest absolute Gasteiger partial charge is 0.318 e. The first-order valence-corrected chi connectivity index (χ1v) is 5.74. The highest BCUT2D eigenvalue weighted by atomic mass is 16.6. The van der Waals surface area contributed by atoms with E-state index in [-0.39, 0.29) is 29.7 Å². The Labute approximate surface area is 99.1 Å². The molecule has 1 saturated heterocycles. The lowest BCUT2D eigenvalue weighted by Crippen LogP contribution is -2.26. The highest BCUT2D eigenvalue weighted by Crippen LogP contribution is 2.42. The summed E-state index contributed by atoms with van der Waals surface area (Å²) in [6, 6.07) is 9.77. The van der Waals surface area contributed by atoms with Gasteiger partial charge in [0.05, 0.1) is 11.8 Å². The molecule has 0 aromatic heterocycles. The van der Waals surface area contributed by atoms with E-state index in [2.05, 4.69) is 0 Å². The van der Waals surface area contributed by atoms with E-state index in [4.69, 9.17) is 4.74 Å². The average molecular weight is 228 g/mol. The zero-order valence-electron chi connectivity index (χ0n) is 9.21. The number of esters is 2. The summed E-state index contributed by atoms with van der Waals surface area (Å²) < 4.78 is 4.74.